The average molecular weight is 251 g/mol. The number of aromatic nitrogens is 3. The van der Waals surface area contributed by atoms with Crippen LogP contribution in [0.4, 0.5) is 0 Å². The number of nitrogens with zero attached hydrogens (tertiary/aromatic N) is 3. The van der Waals surface area contributed by atoms with E-state index in [9.17, 15) is 0 Å². The molecule has 1 aromatic heterocycles. The van der Waals surface area contributed by atoms with Crippen LogP contribution >= 0.6 is 0 Å². The Hall–Kier alpha value is -0.860. The lowest BCUT2D eigenvalue weighted by molar-refractivity contribution is 0.295. The van der Waals surface area contributed by atoms with E-state index in [0.717, 1.165) is 24.7 Å². The van der Waals surface area contributed by atoms with Crippen molar-refractivity contribution in [2.75, 3.05) is 0 Å². The lowest BCUT2D eigenvalue weighted by Crippen LogP contribution is -2.16. The number of rotatable bonds is 2. The van der Waals surface area contributed by atoms with Gasteiger partial charge in [0.05, 0.1) is 11.4 Å². The molecule has 3 nitrogen and oxygen atoms in total. The maximum Gasteiger partial charge on any atom is 0.0859 e. The Labute approximate surface area is 112 Å². The van der Waals surface area contributed by atoms with Crippen LogP contribution in [0.2, 0.25) is 0 Å². The van der Waals surface area contributed by atoms with Gasteiger partial charge in [0.2, 0.25) is 0 Å². The molecule has 104 valence electrons. The van der Waals surface area contributed by atoms with Crippen molar-refractivity contribution in [2.24, 2.45) is 18.9 Å². The molecule has 18 heavy (non-hydrogen) atoms. The van der Waals surface area contributed by atoms with Crippen molar-refractivity contribution in [1.82, 2.24) is 15.0 Å². The first kappa shape index (κ1) is 15.2. The van der Waals surface area contributed by atoms with Crippen LogP contribution in [0.3, 0.4) is 0 Å². The van der Waals surface area contributed by atoms with Crippen molar-refractivity contribution in [1.29, 1.82) is 0 Å². The van der Waals surface area contributed by atoms with E-state index in [-0.39, 0.29) is 0 Å². The molecule has 1 heterocycles. The van der Waals surface area contributed by atoms with E-state index in [4.69, 9.17) is 0 Å². The quantitative estimate of drug-likeness (QED) is 0.801. The SMILES string of the molecule is CC.CCC(C)C1CCCc2c(nnn2C)CC1. The molecule has 2 atom stereocenters. The fourth-order valence-electron chi connectivity index (χ4n) is 2.82. The summed E-state index contributed by atoms with van der Waals surface area (Å²) < 4.78 is 1.96. The highest BCUT2D eigenvalue weighted by Crippen LogP contribution is 2.29. The molecule has 0 fully saturated rings. The van der Waals surface area contributed by atoms with E-state index >= 15 is 0 Å². The molecule has 0 spiro atoms. The minimum absolute atomic E-state index is 0.859. The van der Waals surface area contributed by atoms with Gasteiger partial charge in [-0.25, -0.2) is 0 Å². The molecule has 2 unspecified atom stereocenters. The normalized spacial score (nSPS) is 21.1. The summed E-state index contributed by atoms with van der Waals surface area (Å²) in [6, 6.07) is 0. The van der Waals surface area contributed by atoms with Crippen molar-refractivity contribution in [2.45, 2.75) is 66.2 Å². The zero-order valence-electron chi connectivity index (χ0n) is 12.7. The molecule has 3 heteroatoms. The zero-order chi connectivity index (χ0) is 13.5. The Kier molecular flexibility index (Phi) is 6.37. The number of aryl methyl sites for hydroxylation is 2. The standard InChI is InChI=1S/C13H23N3.C2H6/c1-4-10(2)11-6-5-7-13-12(9-8-11)14-15-16(13)3;1-2/h10-11H,4-9H2,1-3H3;1-2H3. The Morgan fingerprint density at radius 3 is 2.67 bits per heavy atom. The first-order chi connectivity index (χ1) is 8.72. The van der Waals surface area contributed by atoms with Gasteiger partial charge >= 0.3 is 0 Å². The average Bonchev–Trinajstić information content (AvgIpc) is 2.71. The maximum absolute atomic E-state index is 4.29. The summed E-state index contributed by atoms with van der Waals surface area (Å²) in [6.45, 7) is 8.70. The highest BCUT2D eigenvalue weighted by molar-refractivity contribution is 5.11. The molecule has 1 aliphatic carbocycles. The van der Waals surface area contributed by atoms with Crippen LogP contribution in [-0.2, 0) is 19.9 Å². The number of fused-ring (bicyclic) bond motifs is 1. The lowest BCUT2D eigenvalue weighted by atomic mass is 9.82. The van der Waals surface area contributed by atoms with Gasteiger partial charge < -0.3 is 0 Å². The summed E-state index contributed by atoms with van der Waals surface area (Å²) in [5, 5.41) is 8.43. The molecule has 0 amide bonds. The molecule has 1 aromatic rings. The predicted molar refractivity (Wildman–Crippen MR) is 76.6 cm³/mol. The van der Waals surface area contributed by atoms with Gasteiger partial charge in [-0.15, -0.1) is 5.10 Å². The van der Waals surface area contributed by atoms with Crippen LogP contribution in [0, 0.1) is 11.8 Å². The second kappa shape index (κ2) is 7.55. The molecule has 2 rings (SSSR count). The molecule has 0 saturated carbocycles. The summed E-state index contributed by atoms with van der Waals surface area (Å²) in [5.74, 6) is 1.75. The van der Waals surface area contributed by atoms with Gasteiger partial charge in [-0.1, -0.05) is 39.3 Å². The third-order valence-corrected chi connectivity index (χ3v) is 4.21. The predicted octanol–water partition coefficient (Wildman–Crippen LogP) is 3.77. The topological polar surface area (TPSA) is 30.7 Å². The Balaban J connectivity index is 0.000000771. The monoisotopic (exact) mass is 251 g/mol. The van der Waals surface area contributed by atoms with Crippen molar-refractivity contribution in [3.05, 3.63) is 11.4 Å². The molecule has 0 aromatic carbocycles. The second-order valence-electron chi connectivity index (χ2n) is 5.18. The van der Waals surface area contributed by atoms with E-state index in [0.29, 0.717) is 0 Å². The zero-order valence-corrected chi connectivity index (χ0v) is 12.7. The van der Waals surface area contributed by atoms with Crippen LogP contribution < -0.4 is 0 Å². The maximum atomic E-state index is 4.29. The van der Waals surface area contributed by atoms with Gasteiger partial charge in [-0.3, -0.25) is 4.68 Å². The van der Waals surface area contributed by atoms with Crippen molar-refractivity contribution >= 4 is 0 Å². The van der Waals surface area contributed by atoms with E-state index in [1.54, 1.807) is 0 Å². The van der Waals surface area contributed by atoms with Crippen LogP contribution in [0.15, 0.2) is 0 Å². The van der Waals surface area contributed by atoms with Crippen LogP contribution in [0.1, 0.15) is 64.8 Å². The minimum atomic E-state index is 0.859. The van der Waals surface area contributed by atoms with Crippen molar-refractivity contribution < 1.29 is 0 Å². The minimum Gasteiger partial charge on any atom is -0.252 e. The summed E-state index contributed by atoms with van der Waals surface area (Å²) in [7, 11) is 2.01. The van der Waals surface area contributed by atoms with Crippen LogP contribution in [0.25, 0.3) is 0 Å². The molecule has 0 aliphatic heterocycles. The summed E-state index contributed by atoms with van der Waals surface area (Å²) in [4.78, 5) is 0. The van der Waals surface area contributed by atoms with Crippen molar-refractivity contribution in [3.8, 4) is 0 Å². The molecule has 0 bridgehead atoms. The fraction of sp³-hybridized carbons (Fsp3) is 0.867. The molecule has 0 N–H and O–H groups in total. The van der Waals surface area contributed by atoms with Crippen LogP contribution in [0.5, 0.6) is 0 Å². The second-order valence-corrected chi connectivity index (χ2v) is 5.18. The summed E-state index contributed by atoms with van der Waals surface area (Å²) in [5.41, 5.74) is 2.61. The van der Waals surface area contributed by atoms with Crippen molar-refractivity contribution in [3.63, 3.8) is 0 Å². The Morgan fingerprint density at radius 1 is 1.28 bits per heavy atom. The van der Waals surface area contributed by atoms with Gasteiger partial charge in [0.15, 0.2) is 0 Å². The Bertz CT molecular complexity index is 344. The first-order valence-corrected chi connectivity index (χ1v) is 7.59. The fourth-order valence-corrected chi connectivity index (χ4v) is 2.82. The van der Waals surface area contributed by atoms with Crippen LogP contribution in [-0.4, -0.2) is 15.0 Å². The van der Waals surface area contributed by atoms with Gasteiger partial charge in [-0.2, -0.15) is 0 Å². The third-order valence-electron chi connectivity index (χ3n) is 4.21. The number of hydrogen-bond donors (Lipinski definition) is 0. The molecular weight excluding hydrogens is 222 g/mol. The summed E-state index contributed by atoms with van der Waals surface area (Å²) >= 11 is 0. The first-order valence-electron chi connectivity index (χ1n) is 7.59. The molecule has 0 radical (unpaired) electrons. The Morgan fingerprint density at radius 2 is 2.00 bits per heavy atom. The van der Waals surface area contributed by atoms with E-state index in [2.05, 4.69) is 24.2 Å². The highest BCUT2D eigenvalue weighted by Gasteiger charge is 2.21. The van der Waals surface area contributed by atoms with Gasteiger partial charge in [-0.05, 0) is 43.9 Å². The van der Waals surface area contributed by atoms with E-state index < -0.39 is 0 Å². The molecule has 0 saturated heterocycles. The smallest absolute Gasteiger partial charge is 0.0859 e. The highest BCUT2D eigenvalue weighted by atomic mass is 15.4. The third kappa shape index (κ3) is 3.56. The van der Waals surface area contributed by atoms with Gasteiger partial charge in [0.25, 0.3) is 0 Å². The largest absolute Gasteiger partial charge is 0.252 e. The van der Waals surface area contributed by atoms with E-state index in [1.165, 1.54) is 37.1 Å². The lowest BCUT2D eigenvalue weighted by Gasteiger charge is -2.24. The van der Waals surface area contributed by atoms with Gasteiger partial charge in [0.1, 0.15) is 0 Å². The number of hydrogen-bond acceptors (Lipinski definition) is 2. The summed E-state index contributed by atoms with van der Waals surface area (Å²) in [6.07, 6.45) is 7.55. The van der Waals surface area contributed by atoms with E-state index in [1.807, 2.05) is 25.6 Å². The molecular formula is C15H29N3. The molecule has 1 aliphatic rings. The van der Waals surface area contributed by atoms with Gasteiger partial charge in [0, 0.05) is 7.05 Å².